The molecule has 0 unspecified atom stereocenters. The Labute approximate surface area is 171 Å². The molecule has 0 bridgehead atoms. The Morgan fingerprint density at radius 1 is 0.448 bits per heavy atom. The van der Waals surface area contributed by atoms with Crippen LogP contribution in [0.4, 0.5) is 0 Å². The number of hydrogen-bond acceptors (Lipinski definition) is 4. The Morgan fingerprint density at radius 3 is 0.793 bits per heavy atom. The molecule has 4 aromatic heterocycles. The van der Waals surface area contributed by atoms with Gasteiger partial charge < -0.3 is 17.9 Å². The predicted octanol–water partition coefficient (Wildman–Crippen LogP) is 2.87. The highest BCUT2D eigenvalue weighted by Gasteiger charge is 2.40. The molecule has 4 rings (SSSR count). The molecule has 0 aromatic carbocycles. The van der Waals surface area contributed by atoms with Crippen LogP contribution < -0.4 is 0 Å². The second-order valence-electron chi connectivity index (χ2n) is 7.98. The fraction of sp³-hybridized carbons (Fsp3) is 0.400. The summed E-state index contributed by atoms with van der Waals surface area (Å²) in [5.74, 6) is 0. The lowest BCUT2D eigenvalue weighted by Crippen LogP contribution is -2.65. The largest absolute Gasteiger partial charge is 0.452 e. The lowest BCUT2D eigenvalue weighted by Gasteiger charge is -2.48. The van der Waals surface area contributed by atoms with Gasteiger partial charge in [0.2, 0.25) is 0 Å². The predicted molar refractivity (Wildman–Crippen MR) is 114 cm³/mol. The molecule has 9 heteroatoms. The third-order valence-electron chi connectivity index (χ3n) is 6.64. The van der Waals surface area contributed by atoms with Crippen LogP contribution in [-0.4, -0.2) is 44.5 Å². The highest BCUT2D eigenvalue weighted by atomic mass is 15.4. The number of imidazole rings is 4. The first-order valence-electron chi connectivity index (χ1n) is 9.89. The van der Waals surface area contributed by atoms with Gasteiger partial charge in [0, 0.05) is 22.8 Å². The highest BCUT2D eigenvalue weighted by Crippen LogP contribution is 2.27. The van der Waals surface area contributed by atoms with Crippen molar-refractivity contribution in [2.75, 3.05) is 0 Å². The third-order valence-corrected chi connectivity index (χ3v) is 6.64. The molecule has 0 fully saturated rings. The van der Waals surface area contributed by atoms with Gasteiger partial charge >= 0.3 is 6.69 Å². The summed E-state index contributed by atoms with van der Waals surface area (Å²) in [5, 5.41) is 0. The van der Waals surface area contributed by atoms with Crippen LogP contribution in [0.15, 0.2) is 25.3 Å². The Hall–Kier alpha value is -3.10. The van der Waals surface area contributed by atoms with Gasteiger partial charge in [-0.1, -0.05) is 0 Å². The molecule has 0 atom stereocenters. The lowest BCUT2D eigenvalue weighted by atomic mass is 9.70. The number of aromatic nitrogens is 8. The van der Waals surface area contributed by atoms with Crippen molar-refractivity contribution in [2.24, 2.45) is 0 Å². The highest BCUT2D eigenvalue weighted by molar-refractivity contribution is 6.74. The molecule has 0 aliphatic carbocycles. The average Bonchev–Trinajstić information content (AvgIpc) is 3.41. The first kappa shape index (κ1) is 19.2. The van der Waals surface area contributed by atoms with Gasteiger partial charge in [-0.05, 0) is 55.4 Å². The van der Waals surface area contributed by atoms with E-state index < -0.39 is 6.69 Å². The zero-order chi connectivity index (χ0) is 21.1. The van der Waals surface area contributed by atoms with Crippen molar-refractivity contribution in [3.63, 3.8) is 0 Å². The van der Waals surface area contributed by atoms with Crippen LogP contribution in [0.5, 0.6) is 0 Å². The molecular weight excluding hydrogens is 363 g/mol. The molecule has 0 amide bonds. The number of nitrogens with zero attached hydrogens (tertiary/aromatic N) is 8. The summed E-state index contributed by atoms with van der Waals surface area (Å²) in [6, 6.07) is 0. The van der Waals surface area contributed by atoms with E-state index in [0.29, 0.717) is 0 Å². The summed E-state index contributed by atoms with van der Waals surface area (Å²) in [7, 11) is 0. The molecule has 0 spiro atoms. The first-order valence-corrected chi connectivity index (χ1v) is 9.89. The zero-order valence-electron chi connectivity index (χ0n) is 18.5. The van der Waals surface area contributed by atoms with Gasteiger partial charge in [-0.2, -0.15) is 0 Å². The van der Waals surface area contributed by atoms with Crippen molar-refractivity contribution in [3.8, 4) is 0 Å². The van der Waals surface area contributed by atoms with Crippen molar-refractivity contribution in [1.82, 2.24) is 37.8 Å². The average molecular weight is 391 g/mol. The summed E-state index contributed by atoms with van der Waals surface area (Å²) >= 11 is 0. The van der Waals surface area contributed by atoms with Crippen LogP contribution in [-0.2, 0) is 0 Å². The van der Waals surface area contributed by atoms with Gasteiger partial charge in [-0.3, -0.25) is 0 Å². The van der Waals surface area contributed by atoms with E-state index in [1.165, 1.54) is 0 Å². The molecule has 4 heterocycles. The molecule has 0 aliphatic rings. The quantitative estimate of drug-likeness (QED) is 0.502. The molecule has 4 aromatic rings. The lowest BCUT2D eigenvalue weighted by molar-refractivity contribution is 0.766. The zero-order valence-corrected chi connectivity index (χ0v) is 18.5. The van der Waals surface area contributed by atoms with Crippen LogP contribution in [0.1, 0.15) is 45.6 Å². The van der Waals surface area contributed by atoms with Crippen molar-refractivity contribution in [1.29, 1.82) is 0 Å². The van der Waals surface area contributed by atoms with Crippen molar-refractivity contribution < 1.29 is 0 Å². The van der Waals surface area contributed by atoms with E-state index >= 15 is 0 Å². The van der Waals surface area contributed by atoms with Gasteiger partial charge in [-0.15, -0.1) is 0 Å². The van der Waals surface area contributed by atoms with Crippen LogP contribution >= 0.6 is 0 Å². The van der Waals surface area contributed by atoms with Gasteiger partial charge in [-0.25, -0.2) is 19.9 Å². The Kier molecular flexibility index (Phi) is 4.29. The van der Waals surface area contributed by atoms with Crippen molar-refractivity contribution in [2.45, 2.75) is 55.4 Å². The maximum atomic E-state index is 4.65. The molecule has 0 radical (unpaired) electrons. The maximum Gasteiger partial charge on any atom is 0.406 e. The van der Waals surface area contributed by atoms with Crippen LogP contribution in [0.2, 0.25) is 0 Å². The fourth-order valence-corrected chi connectivity index (χ4v) is 4.26. The van der Waals surface area contributed by atoms with Crippen LogP contribution in [0.25, 0.3) is 0 Å². The second-order valence-corrected chi connectivity index (χ2v) is 7.98. The number of aryl methyl sites for hydroxylation is 4. The molecule has 152 valence electrons. The minimum Gasteiger partial charge on any atom is -0.452 e. The van der Waals surface area contributed by atoms with Crippen molar-refractivity contribution >= 4 is 6.69 Å². The monoisotopic (exact) mass is 391 g/mol. The summed E-state index contributed by atoms with van der Waals surface area (Å²) in [6.45, 7) is 14.8. The van der Waals surface area contributed by atoms with E-state index in [-0.39, 0.29) is 0 Å². The molecule has 8 nitrogen and oxygen atoms in total. The van der Waals surface area contributed by atoms with E-state index in [1.54, 1.807) is 0 Å². The van der Waals surface area contributed by atoms with Crippen LogP contribution in [0.3, 0.4) is 0 Å². The minimum absolute atomic E-state index is 0.995. The number of hydrogen-bond donors (Lipinski definition) is 0. The summed E-state index contributed by atoms with van der Waals surface area (Å²) in [5.41, 5.74) is 8.34. The molecule has 0 N–H and O–H groups in total. The molecule has 0 saturated carbocycles. The maximum absolute atomic E-state index is 4.65. The van der Waals surface area contributed by atoms with E-state index in [2.05, 4.69) is 65.5 Å². The van der Waals surface area contributed by atoms with Gasteiger partial charge in [0.1, 0.15) is 0 Å². The molecule has 29 heavy (non-hydrogen) atoms. The van der Waals surface area contributed by atoms with Gasteiger partial charge in [0.05, 0.1) is 48.1 Å². The molecule has 0 saturated heterocycles. The second kappa shape index (κ2) is 6.47. The van der Waals surface area contributed by atoms with E-state index in [4.69, 9.17) is 0 Å². The normalized spacial score (nSPS) is 12.1. The van der Waals surface area contributed by atoms with Gasteiger partial charge in [0.15, 0.2) is 0 Å². The summed E-state index contributed by atoms with van der Waals surface area (Å²) in [4.78, 5) is 18.6. The number of rotatable bonds is 4. The smallest absolute Gasteiger partial charge is 0.406 e. The molecule has 0 aliphatic heterocycles. The van der Waals surface area contributed by atoms with Crippen LogP contribution in [0, 0.1) is 55.4 Å². The fourth-order valence-electron chi connectivity index (χ4n) is 4.26. The summed E-state index contributed by atoms with van der Waals surface area (Å²) < 4.78 is 8.97. The Morgan fingerprint density at radius 2 is 0.655 bits per heavy atom. The topological polar surface area (TPSA) is 71.3 Å². The minimum atomic E-state index is -1.82. The van der Waals surface area contributed by atoms with E-state index in [0.717, 1.165) is 45.6 Å². The third kappa shape index (κ3) is 2.46. The van der Waals surface area contributed by atoms with Gasteiger partial charge in [0.25, 0.3) is 0 Å². The van der Waals surface area contributed by atoms with E-state index in [1.807, 2.05) is 53.0 Å². The first-order chi connectivity index (χ1) is 13.7. The Balaban J connectivity index is 2.26. The van der Waals surface area contributed by atoms with Crippen molar-refractivity contribution in [3.05, 3.63) is 70.9 Å². The standard InChI is InChI=1S/C20H28BN8/c1-13-17(5)26(9-22-13)21(27-10-23-14(2)18(27)6,28-11-24-15(3)19(28)7)29-12-25-16(4)20(29)8/h9-12H,1-8H3/q-1. The van der Waals surface area contributed by atoms with E-state index in [9.17, 15) is 0 Å². The SMILES string of the molecule is Cc1ncn([B-](n2cnc(C)c2C)(n2cnc(C)c2C)n2cnc(C)c2C)c1C. The Bertz CT molecular complexity index is 1020. The summed E-state index contributed by atoms with van der Waals surface area (Å²) in [6.07, 6.45) is 7.68. The molecular formula is C20H28BN8-.